The maximum Gasteiger partial charge on any atom is 0.224 e. The molecule has 1 saturated carbocycles. The number of rotatable bonds is 5. The van der Waals surface area contributed by atoms with Gasteiger partial charge in [0.1, 0.15) is 5.75 Å². The topological polar surface area (TPSA) is 64.3 Å². The third kappa shape index (κ3) is 4.15. The number of hydrogen-bond donors (Lipinski definition) is 2. The Balaban J connectivity index is 1.81. The molecular formula is C16H24N2O2. The summed E-state index contributed by atoms with van der Waals surface area (Å²) in [5.74, 6) is 1.47. The second-order valence-corrected chi connectivity index (χ2v) is 5.54. The van der Waals surface area contributed by atoms with Gasteiger partial charge in [-0.25, -0.2) is 0 Å². The van der Waals surface area contributed by atoms with Crippen molar-refractivity contribution in [1.82, 2.24) is 0 Å². The number of anilines is 2. The molecule has 0 radical (unpaired) electrons. The van der Waals surface area contributed by atoms with Crippen molar-refractivity contribution < 1.29 is 9.53 Å². The van der Waals surface area contributed by atoms with E-state index in [9.17, 15) is 4.79 Å². The molecule has 0 bridgehead atoms. The molecule has 0 aromatic heterocycles. The molecule has 0 spiro atoms. The van der Waals surface area contributed by atoms with Crippen LogP contribution in [0.25, 0.3) is 0 Å². The molecule has 0 saturated heterocycles. The van der Waals surface area contributed by atoms with Crippen LogP contribution in [0.15, 0.2) is 18.2 Å². The van der Waals surface area contributed by atoms with Crippen LogP contribution in [0.2, 0.25) is 0 Å². The SMILES string of the molecule is COc1ccc(NC(=O)CCC2CCCCC2)c(N)c1. The van der Waals surface area contributed by atoms with Crippen molar-refractivity contribution in [3.05, 3.63) is 18.2 Å². The first-order chi connectivity index (χ1) is 9.69. The second kappa shape index (κ2) is 7.17. The molecule has 3 N–H and O–H groups in total. The summed E-state index contributed by atoms with van der Waals surface area (Å²) in [7, 11) is 1.59. The van der Waals surface area contributed by atoms with Gasteiger partial charge in [0.15, 0.2) is 0 Å². The minimum atomic E-state index is 0.0486. The summed E-state index contributed by atoms with van der Waals surface area (Å²) < 4.78 is 5.09. The van der Waals surface area contributed by atoms with Gasteiger partial charge in [-0.05, 0) is 24.5 Å². The van der Waals surface area contributed by atoms with Crippen LogP contribution in [-0.2, 0) is 4.79 Å². The Morgan fingerprint density at radius 2 is 2.10 bits per heavy atom. The normalized spacial score (nSPS) is 15.8. The fourth-order valence-electron chi connectivity index (χ4n) is 2.81. The largest absolute Gasteiger partial charge is 0.497 e. The van der Waals surface area contributed by atoms with Crippen LogP contribution in [-0.4, -0.2) is 13.0 Å². The zero-order chi connectivity index (χ0) is 14.4. The lowest BCUT2D eigenvalue weighted by Crippen LogP contribution is -2.15. The minimum absolute atomic E-state index is 0.0486. The Kier molecular flexibility index (Phi) is 5.27. The summed E-state index contributed by atoms with van der Waals surface area (Å²) in [6.45, 7) is 0. The van der Waals surface area contributed by atoms with Crippen molar-refractivity contribution in [2.24, 2.45) is 5.92 Å². The molecule has 1 aliphatic rings. The van der Waals surface area contributed by atoms with Crippen molar-refractivity contribution in [1.29, 1.82) is 0 Å². The Morgan fingerprint density at radius 1 is 1.35 bits per heavy atom. The lowest BCUT2D eigenvalue weighted by Gasteiger charge is -2.21. The summed E-state index contributed by atoms with van der Waals surface area (Å²) in [4.78, 5) is 12.0. The minimum Gasteiger partial charge on any atom is -0.497 e. The molecule has 20 heavy (non-hydrogen) atoms. The van der Waals surface area contributed by atoms with Crippen LogP contribution in [0.3, 0.4) is 0 Å². The number of nitrogens with one attached hydrogen (secondary N) is 1. The maximum absolute atomic E-state index is 12.0. The fraction of sp³-hybridized carbons (Fsp3) is 0.562. The van der Waals surface area contributed by atoms with Crippen LogP contribution in [0.5, 0.6) is 5.75 Å². The third-order valence-electron chi connectivity index (χ3n) is 4.04. The van der Waals surface area contributed by atoms with Gasteiger partial charge in [-0.1, -0.05) is 32.1 Å². The number of carbonyl (C=O) groups is 1. The number of amides is 1. The van der Waals surface area contributed by atoms with E-state index in [0.717, 1.165) is 12.3 Å². The highest BCUT2D eigenvalue weighted by molar-refractivity contribution is 5.93. The Bertz CT molecular complexity index is 454. The first-order valence-corrected chi connectivity index (χ1v) is 7.42. The fourth-order valence-corrected chi connectivity index (χ4v) is 2.81. The molecule has 0 aliphatic heterocycles. The van der Waals surface area contributed by atoms with Gasteiger partial charge in [0.25, 0.3) is 0 Å². The van der Waals surface area contributed by atoms with E-state index in [2.05, 4.69) is 5.32 Å². The maximum atomic E-state index is 12.0. The molecule has 1 aromatic rings. The summed E-state index contributed by atoms with van der Waals surface area (Å²) in [6, 6.07) is 5.30. The molecule has 1 aromatic carbocycles. The summed E-state index contributed by atoms with van der Waals surface area (Å²) in [5, 5.41) is 2.88. The van der Waals surface area contributed by atoms with Gasteiger partial charge >= 0.3 is 0 Å². The smallest absolute Gasteiger partial charge is 0.224 e. The van der Waals surface area contributed by atoms with E-state index < -0.39 is 0 Å². The molecular weight excluding hydrogens is 252 g/mol. The van der Waals surface area contributed by atoms with E-state index in [4.69, 9.17) is 10.5 Å². The van der Waals surface area contributed by atoms with Crippen LogP contribution in [0.1, 0.15) is 44.9 Å². The lowest BCUT2D eigenvalue weighted by atomic mass is 9.86. The quantitative estimate of drug-likeness (QED) is 0.808. The van der Waals surface area contributed by atoms with E-state index in [1.807, 2.05) is 0 Å². The van der Waals surface area contributed by atoms with Crippen molar-refractivity contribution >= 4 is 17.3 Å². The van der Waals surface area contributed by atoms with E-state index >= 15 is 0 Å². The standard InChI is InChI=1S/C16H24N2O2/c1-20-13-8-9-15(14(17)11-13)18-16(19)10-7-12-5-3-2-4-6-12/h8-9,11-12H,2-7,10,17H2,1H3,(H,18,19). The zero-order valence-corrected chi connectivity index (χ0v) is 12.2. The van der Waals surface area contributed by atoms with Crippen LogP contribution >= 0.6 is 0 Å². The van der Waals surface area contributed by atoms with Crippen molar-refractivity contribution in [3.63, 3.8) is 0 Å². The highest BCUT2D eigenvalue weighted by Gasteiger charge is 2.15. The van der Waals surface area contributed by atoms with Gasteiger partial charge in [-0.3, -0.25) is 4.79 Å². The molecule has 0 heterocycles. The van der Waals surface area contributed by atoms with Crippen LogP contribution in [0, 0.1) is 5.92 Å². The summed E-state index contributed by atoms with van der Waals surface area (Å²) in [6.07, 6.45) is 8.11. The molecule has 4 nitrogen and oxygen atoms in total. The average Bonchev–Trinajstić information content (AvgIpc) is 2.48. The van der Waals surface area contributed by atoms with Crippen molar-refractivity contribution in [2.75, 3.05) is 18.2 Å². The van der Waals surface area contributed by atoms with E-state index in [0.29, 0.717) is 23.5 Å². The van der Waals surface area contributed by atoms with Gasteiger partial charge < -0.3 is 15.8 Å². The van der Waals surface area contributed by atoms with Gasteiger partial charge in [0.05, 0.1) is 18.5 Å². The molecule has 4 heteroatoms. The summed E-state index contributed by atoms with van der Waals surface area (Å²) >= 11 is 0. The summed E-state index contributed by atoms with van der Waals surface area (Å²) in [5.41, 5.74) is 7.09. The molecule has 0 unspecified atom stereocenters. The Morgan fingerprint density at radius 3 is 2.75 bits per heavy atom. The van der Waals surface area contributed by atoms with Gasteiger partial charge in [0, 0.05) is 12.5 Å². The number of benzene rings is 1. The molecule has 1 aliphatic carbocycles. The number of nitrogens with two attached hydrogens (primary N) is 1. The average molecular weight is 276 g/mol. The number of nitrogen functional groups attached to an aromatic ring is 1. The second-order valence-electron chi connectivity index (χ2n) is 5.54. The predicted molar refractivity (Wildman–Crippen MR) is 81.8 cm³/mol. The number of carbonyl (C=O) groups excluding carboxylic acids is 1. The van der Waals surface area contributed by atoms with Gasteiger partial charge in [-0.15, -0.1) is 0 Å². The van der Waals surface area contributed by atoms with Gasteiger partial charge in [-0.2, -0.15) is 0 Å². The molecule has 1 fully saturated rings. The van der Waals surface area contributed by atoms with E-state index in [-0.39, 0.29) is 5.91 Å². The van der Waals surface area contributed by atoms with E-state index in [1.54, 1.807) is 25.3 Å². The molecule has 2 rings (SSSR count). The Labute approximate surface area is 120 Å². The van der Waals surface area contributed by atoms with Crippen LogP contribution in [0.4, 0.5) is 11.4 Å². The zero-order valence-electron chi connectivity index (χ0n) is 12.2. The predicted octanol–water partition coefficient (Wildman–Crippen LogP) is 3.58. The highest BCUT2D eigenvalue weighted by Crippen LogP contribution is 2.28. The molecule has 1 amide bonds. The van der Waals surface area contributed by atoms with Gasteiger partial charge in [0.2, 0.25) is 5.91 Å². The van der Waals surface area contributed by atoms with E-state index in [1.165, 1.54) is 32.1 Å². The lowest BCUT2D eigenvalue weighted by molar-refractivity contribution is -0.116. The Hall–Kier alpha value is -1.71. The first kappa shape index (κ1) is 14.7. The highest BCUT2D eigenvalue weighted by atomic mass is 16.5. The number of ether oxygens (including phenoxy) is 1. The van der Waals surface area contributed by atoms with Crippen LogP contribution < -0.4 is 15.8 Å². The third-order valence-corrected chi connectivity index (χ3v) is 4.04. The monoisotopic (exact) mass is 276 g/mol. The number of hydrogen-bond acceptors (Lipinski definition) is 3. The first-order valence-electron chi connectivity index (χ1n) is 7.42. The molecule has 110 valence electrons. The van der Waals surface area contributed by atoms with Crippen molar-refractivity contribution in [2.45, 2.75) is 44.9 Å². The number of methoxy groups -OCH3 is 1. The molecule has 0 atom stereocenters. The van der Waals surface area contributed by atoms with Crippen molar-refractivity contribution in [3.8, 4) is 5.75 Å².